The van der Waals surface area contributed by atoms with Crippen molar-refractivity contribution < 1.29 is 28.3 Å². The Labute approximate surface area is 161 Å². The second kappa shape index (κ2) is 9.05. The van der Waals surface area contributed by atoms with Gasteiger partial charge in [-0.3, -0.25) is 29.6 Å². The van der Waals surface area contributed by atoms with Crippen LogP contribution in [0.1, 0.15) is 30.6 Å². The maximum atomic E-state index is 13.0. The molecule has 0 aromatic heterocycles. The molecule has 0 saturated heterocycles. The van der Waals surface area contributed by atoms with Crippen LogP contribution >= 0.6 is 7.60 Å². The molecule has 1 aromatic rings. The average Bonchev–Trinajstić information content (AvgIpc) is 2.64. The molecule has 0 fully saturated rings. The Morgan fingerprint density at radius 2 is 1.68 bits per heavy atom. The molecule has 11 nitrogen and oxygen atoms in total. The molecule has 0 radical (unpaired) electrons. The molecule has 0 aliphatic rings. The Morgan fingerprint density at radius 3 is 2.04 bits per heavy atom. The van der Waals surface area contributed by atoms with E-state index in [4.69, 9.17) is 9.05 Å². The lowest BCUT2D eigenvalue weighted by molar-refractivity contribution is -0.394. The normalized spacial score (nSPS) is 12.9. The van der Waals surface area contributed by atoms with Crippen molar-refractivity contribution in [2.24, 2.45) is 5.41 Å². The molecule has 0 bridgehead atoms. The van der Waals surface area contributed by atoms with Crippen LogP contribution in [0.25, 0.3) is 0 Å². The summed E-state index contributed by atoms with van der Waals surface area (Å²) in [5.74, 6) is -2.05. The van der Waals surface area contributed by atoms with E-state index in [9.17, 15) is 29.6 Å². The van der Waals surface area contributed by atoms with Crippen molar-refractivity contribution in [1.82, 2.24) is 5.32 Å². The highest BCUT2D eigenvalue weighted by Crippen LogP contribution is 2.57. The highest BCUT2D eigenvalue weighted by atomic mass is 31.2. The third kappa shape index (κ3) is 5.22. The molecule has 0 aliphatic carbocycles. The Hall–Kier alpha value is -2.62. The Bertz CT molecular complexity index is 799. The van der Waals surface area contributed by atoms with Gasteiger partial charge < -0.3 is 14.4 Å². The molecule has 28 heavy (non-hydrogen) atoms. The minimum absolute atomic E-state index is 0.323. The van der Waals surface area contributed by atoms with Crippen molar-refractivity contribution in [3.8, 4) is 0 Å². The van der Waals surface area contributed by atoms with Gasteiger partial charge in [0.2, 0.25) is 0 Å². The lowest BCUT2D eigenvalue weighted by Gasteiger charge is -2.37. The standard InChI is InChI=1S/C16H22N3O8P/c1-6-7-16(2,3)15(28(25,26-4)27-5)17-14(20)11-8-12(18(21)22)10-13(9-11)19(23)24/h6,8-10,15H,1,7H2,2-5H3,(H,17,20)/t15-/m0/s1. The quantitative estimate of drug-likeness (QED) is 0.263. The Morgan fingerprint density at radius 1 is 1.21 bits per heavy atom. The van der Waals surface area contributed by atoms with E-state index in [0.717, 1.165) is 32.4 Å². The lowest BCUT2D eigenvalue weighted by Crippen LogP contribution is -2.45. The van der Waals surface area contributed by atoms with Crippen LogP contribution in [0.5, 0.6) is 0 Å². The number of nitrogens with one attached hydrogen (secondary N) is 1. The van der Waals surface area contributed by atoms with Crippen molar-refractivity contribution in [3.63, 3.8) is 0 Å². The van der Waals surface area contributed by atoms with Crippen LogP contribution < -0.4 is 5.32 Å². The fourth-order valence-electron chi connectivity index (χ4n) is 2.62. The van der Waals surface area contributed by atoms with Crippen LogP contribution in [0.2, 0.25) is 0 Å². The molecule has 154 valence electrons. The van der Waals surface area contributed by atoms with Crippen LogP contribution in [0.3, 0.4) is 0 Å². The number of hydrogen-bond donors (Lipinski definition) is 1. The number of carbonyl (C=O) groups excluding carboxylic acids is 1. The molecule has 1 N–H and O–H groups in total. The van der Waals surface area contributed by atoms with E-state index in [0.29, 0.717) is 6.42 Å². The number of nitro benzene ring substituents is 2. The predicted molar refractivity (Wildman–Crippen MR) is 101 cm³/mol. The van der Waals surface area contributed by atoms with Gasteiger partial charge in [-0.1, -0.05) is 19.9 Å². The number of nitrogens with zero attached hydrogens (tertiary/aromatic N) is 2. The third-order valence-electron chi connectivity index (χ3n) is 4.09. The molecular weight excluding hydrogens is 393 g/mol. The van der Waals surface area contributed by atoms with E-state index in [1.165, 1.54) is 0 Å². The number of benzene rings is 1. The highest BCUT2D eigenvalue weighted by Gasteiger charge is 2.45. The molecule has 1 aromatic carbocycles. The monoisotopic (exact) mass is 415 g/mol. The first kappa shape index (κ1) is 23.4. The number of non-ortho nitro benzene ring substituents is 2. The molecule has 12 heteroatoms. The minimum Gasteiger partial charge on any atom is -0.337 e. The van der Waals surface area contributed by atoms with Gasteiger partial charge in [-0.2, -0.15) is 0 Å². The van der Waals surface area contributed by atoms with Gasteiger partial charge in [0, 0.05) is 31.8 Å². The molecule has 0 heterocycles. The molecule has 0 saturated carbocycles. The van der Waals surface area contributed by atoms with Crippen LogP contribution in [0.15, 0.2) is 30.9 Å². The van der Waals surface area contributed by atoms with Crippen molar-refractivity contribution in [3.05, 3.63) is 56.6 Å². The number of nitro groups is 2. The third-order valence-corrected chi connectivity index (χ3v) is 6.57. The number of amides is 1. The summed E-state index contributed by atoms with van der Waals surface area (Å²) >= 11 is 0. The Balaban J connectivity index is 3.43. The minimum atomic E-state index is -3.83. The first-order valence-electron chi connectivity index (χ1n) is 7.98. The largest absolute Gasteiger partial charge is 0.352 e. The molecule has 0 unspecified atom stereocenters. The van der Waals surface area contributed by atoms with E-state index in [-0.39, 0.29) is 5.56 Å². The fourth-order valence-corrected chi connectivity index (χ4v) is 4.42. The number of allylic oxidation sites excluding steroid dienone is 1. The van der Waals surface area contributed by atoms with Gasteiger partial charge in [0.15, 0.2) is 0 Å². The van der Waals surface area contributed by atoms with Crippen LogP contribution in [-0.4, -0.2) is 35.8 Å². The van der Waals surface area contributed by atoms with E-state index in [2.05, 4.69) is 11.9 Å². The van der Waals surface area contributed by atoms with E-state index in [1.54, 1.807) is 19.9 Å². The smallest absolute Gasteiger partial charge is 0.337 e. The van der Waals surface area contributed by atoms with Gasteiger partial charge in [-0.05, 0) is 6.42 Å². The molecule has 0 aliphatic heterocycles. The lowest BCUT2D eigenvalue weighted by atomic mass is 9.88. The zero-order chi connectivity index (χ0) is 21.7. The molecular formula is C16H22N3O8P. The summed E-state index contributed by atoms with van der Waals surface area (Å²) in [5.41, 5.74) is -2.42. The summed E-state index contributed by atoms with van der Waals surface area (Å²) in [6, 6.07) is 2.53. The first-order valence-corrected chi connectivity index (χ1v) is 9.60. The van der Waals surface area contributed by atoms with Gasteiger partial charge in [0.25, 0.3) is 17.3 Å². The van der Waals surface area contributed by atoms with Gasteiger partial charge in [0.05, 0.1) is 21.5 Å². The highest BCUT2D eigenvalue weighted by molar-refractivity contribution is 7.54. The van der Waals surface area contributed by atoms with Crippen molar-refractivity contribution in [1.29, 1.82) is 0 Å². The number of rotatable bonds is 10. The second-order valence-electron chi connectivity index (χ2n) is 6.51. The van der Waals surface area contributed by atoms with Gasteiger partial charge >= 0.3 is 7.60 Å². The average molecular weight is 415 g/mol. The van der Waals surface area contributed by atoms with Crippen molar-refractivity contribution in [2.45, 2.75) is 26.1 Å². The summed E-state index contributed by atoms with van der Waals surface area (Å²) in [6.07, 6.45) is 1.89. The van der Waals surface area contributed by atoms with Gasteiger partial charge in [-0.25, -0.2) is 0 Å². The maximum absolute atomic E-state index is 13.0. The predicted octanol–water partition coefficient (Wildman–Crippen LogP) is 3.65. The summed E-state index contributed by atoms with van der Waals surface area (Å²) in [6.45, 7) is 7.02. The SMILES string of the molecule is C=CCC(C)(C)[C@@H](NC(=O)c1cc([N+](=O)[O-])cc([N+](=O)[O-])c1)P(=O)(OC)OC. The molecule has 1 amide bonds. The van der Waals surface area contributed by atoms with Gasteiger partial charge in [0.1, 0.15) is 5.78 Å². The zero-order valence-electron chi connectivity index (χ0n) is 15.9. The summed E-state index contributed by atoms with van der Waals surface area (Å²) in [7, 11) is -1.51. The summed E-state index contributed by atoms with van der Waals surface area (Å²) in [5, 5.41) is 24.5. The second-order valence-corrected chi connectivity index (χ2v) is 8.84. The number of hydrogen-bond acceptors (Lipinski definition) is 8. The van der Waals surface area contributed by atoms with Crippen molar-refractivity contribution in [2.75, 3.05) is 14.2 Å². The van der Waals surface area contributed by atoms with Crippen LogP contribution in [-0.2, 0) is 13.6 Å². The molecule has 1 rings (SSSR count). The summed E-state index contributed by atoms with van der Waals surface area (Å²) < 4.78 is 23.0. The van der Waals surface area contributed by atoms with E-state index >= 15 is 0 Å². The van der Waals surface area contributed by atoms with E-state index in [1.807, 2.05) is 0 Å². The zero-order valence-corrected chi connectivity index (χ0v) is 16.8. The molecule has 1 atom stereocenters. The van der Waals surface area contributed by atoms with Crippen molar-refractivity contribution >= 4 is 24.9 Å². The van der Waals surface area contributed by atoms with Crippen LogP contribution in [0, 0.1) is 25.6 Å². The Kier molecular flexibility index (Phi) is 7.57. The van der Waals surface area contributed by atoms with E-state index < -0.39 is 45.9 Å². The first-order chi connectivity index (χ1) is 12.9. The fraction of sp³-hybridized carbons (Fsp3) is 0.438. The maximum Gasteiger partial charge on any atom is 0.352 e. The summed E-state index contributed by atoms with van der Waals surface area (Å²) in [4.78, 5) is 33.1. The topological polar surface area (TPSA) is 151 Å². The van der Waals surface area contributed by atoms with Crippen LogP contribution in [0.4, 0.5) is 11.4 Å². The van der Waals surface area contributed by atoms with Gasteiger partial charge in [-0.15, -0.1) is 6.58 Å². The molecule has 0 spiro atoms. The number of carbonyl (C=O) groups is 1.